The molecular weight excluding hydrogens is 350 g/mol. The van der Waals surface area contributed by atoms with Crippen molar-refractivity contribution >= 4 is 34.4 Å². The molecule has 9 heteroatoms. The van der Waals surface area contributed by atoms with Gasteiger partial charge >= 0.3 is 0 Å². The largest absolute Gasteiger partial charge is 0.376 e. The van der Waals surface area contributed by atoms with E-state index >= 15 is 0 Å². The number of thiophene rings is 1. The highest BCUT2D eigenvalue weighted by Crippen LogP contribution is 2.28. The van der Waals surface area contributed by atoms with E-state index in [0.29, 0.717) is 0 Å². The minimum atomic E-state index is 0.238. The summed E-state index contributed by atoms with van der Waals surface area (Å²) in [6.07, 6.45) is 2.45. The summed E-state index contributed by atoms with van der Waals surface area (Å²) in [5.74, 6) is 0.770. The van der Waals surface area contributed by atoms with Crippen molar-refractivity contribution in [3.63, 3.8) is 0 Å². The fraction of sp³-hybridized carbons (Fsp3) is 0.429. The highest BCUT2D eigenvalue weighted by atomic mass is 32.2. The summed E-state index contributed by atoms with van der Waals surface area (Å²) in [5, 5.41) is 20.2. The Morgan fingerprint density at radius 1 is 1.39 bits per heavy atom. The Balaban J connectivity index is 1.38. The van der Waals surface area contributed by atoms with E-state index in [1.54, 1.807) is 34.4 Å². The lowest BCUT2D eigenvalue weighted by molar-refractivity contribution is 0.0912. The number of aromatic nitrogens is 5. The average molecular weight is 366 g/mol. The molecule has 0 aliphatic carbocycles. The van der Waals surface area contributed by atoms with Crippen molar-refractivity contribution in [2.24, 2.45) is 0 Å². The van der Waals surface area contributed by atoms with Gasteiger partial charge in [0.15, 0.2) is 0 Å². The van der Waals surface area contributed by atoms with Crippen LogP contribution in [0, 0.1) is 0 Å². The SMILES string of the molecule is c1cc(-c2nc(CSc3nnnn3CC3CCCO3)cs2)cs1. The molecule has 3 aromatic rings. The molecule has 3 aromatic heterocycles. The maximum absolute atomic E-state index is 5.65. The molecule has 0 bridgehead atoms. The van der Waals surface area contributed by atoms with Gasteiger partial charge < -0.3 is 4.74 Å². The molecule has 0 saturated carbocycles. The number of hydrogen-bond donors (Lipinski definition) is 0. The van der Waals surface area contributed by atoms with Crippen molar-refractivity contribution in [2.45, 2.75) is 36.4 Å². The van der Waals surface area contributed by atoms with Crippen LogP contribution in [0.25, 0.3) is 10.6 Å². The predicted octanol–water partition coefficient (Wildman–Crippen LogP) is 3.33. The molecule has 6 nitrogen and oxygen atoms in total. The first-order valence-corrected chi connectivity index (χ1v) is 10.2. The molecule has 1 aliphatic rings. The third kappa shape index (κ3) is 3.63. The Morgan fingerprint density at radius 3 is 3.22 bits per heavy atom. The number of hydrogen-bond acceptors (Lipinski definition) is 8. The molecule has 0 spiro atoms. The lowest BCUT2D eigenvalue weighted by Gasteiger charge is -2.09. The van der Waals surface area contributed by atoms with Crippen LogP contribution < -0.4 is 0 Å². The fourth-order valence-corrected chi connectivity index (χ4v) is 4.84. The van der Waals surface area contributed by atoms with Crippen molar-refractivity contribution in [1.82, 2.24) is 25.2 Å². The van der Waals surface area contributed by atoms with Crippen LogP contribution in [0.1, 0.15) is 18.5 Å². The first kappa shape index (κ1) is 15.3. The molecule has 0 N–H and O–H groups in total. The zero-order chi connectivity index (χ0) is 15.5. The number of thiazole rings is 1. The van der Waals surface area contributed by atoms with Crippen molar-refractivity contribution in [1.29, 1.82) is 0 Å². The number of rotatable bonds is 6. The summed E-state index contributed by atoms with van der Waals surface area (Å²) in [7, 11) is 0. The smallest absolute Gasteiger partial charge is 0.209 e. The summed E-state index contributed by atoms with van der Waals surface area (Å²) >= 11 is 4.99. The van der Waals surface area contributed by atoms with Gasteiger partial charge in [-0.1, -0.05) is 11.8 Å². The summed E-state index contributed by atoms with van der Waals surface area (Å²) in [6.45, 7) is 1.58. The summed E-state index contributed by atoms with van der Waals surface area (Å²) < 4.78 is 7.49. The zero-order valence-corrected chi connectivity index (χ0v) is 14.7. The van der Waals surface area contributed by atoms with Crippen LogP contribution >= 0.6 is 34.4 Å². The minimum absolute atomic E-state index is 0.238. The monoisotopic (exact) mass is 365 g/mol. The second kappa shape index (κ2) is 7.08. The topological polar surface area (TPSA) is 65.7 Å². The number of thioether (sulfide) groups is 1. The molecule has 0 aromatic carbocycles. The number of tetrazole rings is 1. The molecule has 1 unspecified atom stereocenters. The highest BCUT2D eigenvalue weighted by molar-refractivity contribution is 7.98. The summed E-state index contributed by atoms with van der Waals surface area (Å²) in [5.41, 5.74) is 2.26. The lowest BCUT2D eigenvalue weighted by atomic mass is 10.2. The molecule has 0 radical (unpaired) electrons. The molecule has 1 aliphatic heterocycles. The second-order valence-electron chi connectivity index (χ2n) is 5.22. The van der Waals surface area contributed by atoms with Crippen LogP contribution in [0.2, 0.25) is 0 Å². The summed E-state index contributed by atoms with van der Waals surface area (Å²) in [6, 6.07) is 2.10. The van der Waals surface area contributed by atoms with Crippen LogP contribution in [0.5, 0.6) is 0 Å². The average Bonchev–Trinajstić information content (AvgIpc) is 3.34. The maximum Gasteiger partial charge on any atom is 0.209 e. The summed E-state index contributed by atoms with van der Waals surface area (Å²) in [4.78, 5) is 4.69. The van der Waals surface area contributed by atoms with Crippen LogP contribution in [-0.4, -0.2) is 37.9 Å². The van der Waals surface area contributed by atoms with E-state index in [1.807, 2.05) is 4.68 Å². The molecule has 23 heavy (non-hydrogen) atoms. The molecule has 120 valence electrons. The van der Waals surface area contributed by atoms with Crippen LogP contribution in [-0.2, 0) is 17.0 Å². The first-order valence-electron chi connectivity index (χ1n) is 7.36. The van der Waals surface area contributed by atoms with Crippen molar-refractivity contribution < 1.29 is 4.74 Å². The van der Waals surface area contributed by atoms with E-state index in [-0.39, 0.29) is 6.10 Å². The third-order valence-corrected chi connectivity index (χ3v) is 6.18. The van der Waals surface area contributed by atoms with Gasteiger partial charge in [0.05, 0.1) is 18.3 Å². The quantitative estimate of drug-likeness (QED) is 0.624. The Hall–Kier alpha value is -1.29. The highest BCUT2D eigenvalue weighted by Gasteiger charge is 2.19. The molecule has 1 saturated heterocycles. The molecule has 4 rings (SSSR count). The predicted molar refractivity (Wildman–Crippen MR) is 91.8 cm³/mol. The molecular formula is C14H15N5OS3. The van der Waals surface area contributed by atoms with E-state index in [9.17, 15) is 0 Å². The van der Waals surface area contributed by atoms with Crippen LogP contribution in [0.4, 0.5) is 0 Å². The lowest BCUT2D eigenvalue weighted by Crippen LogP contribution is -2.16. The van der Waals surface area contributed by atoms with Crippen molar-refractivity contribution in [2.75, 3.05) is 6.61 Å². The fourth-order valence-electron chi connectivity index (χ4n) is 2.43. The Kier molecular flexibility index (Phi) is 4.69. The molecule has 0 amide bonds. The van der Waals surface area contributed by atoms with Gasteiger partial charge in [-0.25, -0.2) is 9.67 Å². The van der Waals surface area contributed by atoms with Gasteiger partial charge in [-0.05, 0) is 34.7 Å². The minimum Gasteiger partial charge on any atom is -0.376 e. The van der Waals surface area contributed by atoms with Crippen LogP contribution in [0.15, 0.2) is 27.4 Å². The van der Waals surface area contributed by atoms with E-state index in [0.717, 1.165) is 47.6 Å². The van der Waals surface area contributed by atoms with Gasteiger partial charge in [-0.15, -0.1) is 16.4 Å². The van der Waals surface area contributed by atoms with Crippen molar-refractivity contribution in [3.8, 4) is 10.6 Å². The maximum atomic E-state index is 5.65. The number of nitrogens with zero attached hydrogens (tertiary/aromatic N) is 5. The Morgan fingerprint density at radius 2 is 2.39 bits per heavy atom. The second-order valence-corrected chi connectivity index (χ2v) is 7.80. The first-order chi connectivity index (χ1) is 11.4. The van der Waals surface area contributed by atoms with Gasteiger partial charge in [0.1, 0.15) is 5.01 Å². The normalized spacial score (nSPS) is 17.8. The van der Waals surface area contributed by atoms with E-state index in [4.69, 9.17) is 4.74 Å². The van der Waals surface area contributed by atoms with Gasteiger partial charge in [0.25, 0.3) is 0 Å². The van der Waals surface area contributed by atoms with Gasteiger partial charge in [0, 0.05) is 28.7 Å². The van der Waals surface area contributed by atoms with E-state index < -0.39 is 0 Å². The third-order valence-electron chi connectivity index (χ3n) is 3.57. The molecule has 4 heterocycles. The van der Waals surface area contributed by atoms with Crippen LogP contribution in [0.3, 0.4) is 0 Å². The van der Waals surface area contributed by atoms with E-state index in [2.05, 4.69) is 42.7 Å². The molecule has 1 fully saturated rings. The Bertz CT molecular complexity index is 748. The zero-order valence-electron chi connectivity index (χ0n) is 12.3. The van der Waals surface area contributed by atoms with E-state index in [1.165, 1.54) is 5.56 Å². The molecule has 1 atom stereocenters. The Labute approximate surface area is 145 Å². The number of ether oxygens (including phenoxy) is 1. The van der Waals surface area contributed by atoms with Gasteiger partial charge in [-0.3, -0.25) is 0 Å². The standard InChI is InChI=1S/C14H15N5OS3/c1-2-12(20-4-1)6-19-14(16-17-18-19)23-9-11-8-22-13(15-11)10-3-5-21-7-10/h3,5,7-8,12H,1-2,4,6,9H2. The van der Waals surface area contributed by atoms with Gasteiger partial charge in [0.2, 0.25) is 5.16 Å². The van der Waals surface area contributed by atoms with Crippen molar-refractivity contribution in [3.05, 3.63) is 27.9 Å². The van der Waals surface area contributed by atoms with Gasteiger partial charge in [-0.2, -0.15) is 11.3 Å².